The molecule has 0 spiro atoms. The number of nitrogens with zero attached hydrogens (tertiary/aromatic N) is 2. The summed E-state index contributed by atoms with van der Waals surface area (Å²) in [6.45, 7) is 0.337. The van der Waals surface area contributed by atoms with E-state index in [4.69, 9.17) is 15.1 Å². The number of aromatic carboxylic acids is 1. The summed E-state index contributed by atoms with van der Waals surface area (Å²) in [6.07, 6.45) is 0. The quantitative estimate of drug-likeness (QED) is 0.683. The number of sulfonamides is 1. The molecule has 0 amide bonds. The minimum atomic E-state index is -3.90. The molecule has 7 nitrogen and oxygen atoms in total. The van der Waals surface area contributed by atoms with Crippen molar-refractivity contribution in [2.45, 2.75) is 4.90 Å². The smallest absolute Gasteiger partial charge is 0.335 e. The predicted octanol–water partition coefficient (Wildman–Crippen LogP) is 3.57. The van der Waals surface area contributed by atoms with Crippen molar-refractivity contribution in [1.82, 2.24) is 0 Å². The van der Waals surface area contributed by atoms with Crippen LogP contribution in [0.1, 0.15) is 15.2 Å². The van der Waals surface area contributed by atoms with Crippen LogP contribution in [0.3, 0.4) is 0 Å². The van der Waals surface area contributed by atoms with Crippen LogP contribution in [-0.2, 0) is 10.0 Å². The van der Waals surface area contributed by atoms with Crippen LogP contribution < -0.4 is 9.04 Å². The molecule has 0 bridgehead atoms. The van der Waals surface area contributed by atoms with Crippen molar-refractivity contribution in [1.29, 1.82) is 5.26 Å². The van der Waals surface area contributed by atoms with Crippen LogP contribution >= 0.6 is 11.3 Å². The highest BCUT2D eigenvalue weighted by molar-refractivity contribution is 7.92. The molecule has 2 aromatic carbocycles. The zero-order chi connectivity index (χ0) is 20.6. The number of nitriles is 1. The van der Waals surface area contributed by atoms with Gasteiger partial charge < -0.3 is 9.84 Å². The highest BCUT2D eigenvalue weighted by atomic mass is 32.2. The van der Waals surface area contributed by atoms with E-state index in [1.54, 1.807) is 18.2 Å². The maximum absolute atomic E-state index is 13.2. The van der Waals surface area contributed by atoms with Gasteiger partial charge in [0.1, 0.15) is 23.3 Å². The molecule has 1 aliphatic rings. The fraction of sp³-hybridized carbons (Fsp3) is 0.100. The van der Waals surface area contributed by atoms with Crippen molar-refractivity contribution < 1.29 is 23.1 Å². The van der Waals surface area contributed by atoms with Crippen molar-refractivity contribution in [3.8, 4) is 22.3 Å². The summed E-state index contributed by atoms with van der Waals surface area (Å²) < 4.78 is 33.3. The number of thiophene rings is 1. The maximum atomic E-state index is 13.2. The lowest BCUT2D eigenvalue weighted by Gasteiger charge is -2.30. The fourth-order valence-electron chi connectivity index (χ4n) is 3.05. The van der Waals surface area contributed by atoms with Crippen LogP contribution in [0.5, 0.6) is 5.75 Å². The monoisotopic (exact) mass is 426 g/mol. The molecule has 0 saturated carbocycles. The number of fused-ring (bicyclic) bond motifs is 1. The van der Waals surface area contributed by atoms with Crippen LogP contribution in [0.4, 0.5) is 5.69 Å². The van der Waals surface area contributed by atoms with E-state index in [1.165, 1.54) is 39.9 Å². The van der Waals surface area contributed by atoms with E-state index in [1.807, 2.05) is 12.1 Å². The molecular formula is C20H14N2O5S2. The number of carboxylic acids is 1. The first kappa shape index (κ1) is 19.0. The third kappa shape index (κ3) is 3.44. The molecule has 29 heavy (non-hydrogen) atoms. The summed E-state index contributed by atoms with van der Waals surface area (Å²) in [5.74, 6) is -0.675. The number of carbonyl (C=O) groups is 1. The van der Waals surface area contributed by atoms with Gasteiger partial charge in [-0.25, -0.2) is 13.2 Å². The van der Waals surface area contributed by atoms with E-state index in [9.17, 15) is 13.2 Å². The second kappa shape index (κ2) is 7.24. The molecule has 0 atom stereocenters. The number of anilines is 1. The first-order chi connectivity index (χ1) is 13.9. The molecule has 1 aromatic heterocycles. The molecule has 1 N–H and O–H groups in total. The Morgan fingerprint density at radius 3 is 2.55 bits per heavy atom. The average molecular weight is 426 g/mol. The van der Waals surface area contributed by atoms with E-state index in [-0.39, 0.29) is 23.6 Å². The van der Waals surface area contributed by atoms with E-state index < -0.39 is 16.0 Å². The zero-order valence-electron chi connectivity index (χ0n) is 14.9. The van der Waals surface area contributed by atoms with Crippen LogP contribution in [0.15, 0.2) is 59.5 Å². The second-order valence-corrected chi connectivity index (χ2v) is 9.16. The van der Waals surface area contributed by atoms with Gasteiger partial charge in [0.2, 0.25) is 0 Å². The third-order valence-electron chi connectivity index (χ3n) is 4.47. The molecule has 146 valence electrons. The Bertz CT molecular complexity index is 1240. The minimum Gasteiger partial charge on any atom is -0.489 e. The van der Waals surface area contributed by atoms with Gasteiger partial charge in [-0.2, -0.15) is 5.26 Å². The van der Waals surface area contributed by atoms with Crippen LogP contribution in [0.25, 0.3) is 10.4 Å². The van der Waals surface area contributed by atoms with E-state index >= 15 is 0 Å². The number of hydrogen-bond acceptors (Lipinski definition) is 6. The number of rotatable bonds is 4. The lowest BCUT2D eigenvalue weighted by atomic mass is 10.1. The number of benzene rings is 2. The van der Waals surface area contributed by atoms with Crippen molar-refractivity contribution in [2.75, 3.05) is 17.5 Å². The van der Waals surface area contributed by atoms with Gasteiger partial charge in [0.25, 0.3) is 10.0 Å². The maximum Gasteiger partial charge on any atom is 0.335 e. The average Bonchev–Trinajstić information content (AvgIpc) is 3.22. The lowest BCUT2D eigenvalue weighted by molar-refractivity contribution is 0.0696. The predicted molar refractivity (Wildman–Crippen MR) is 108 cm³/mol. The molecule has 1 aliphatic heterocycles. The Kier molecular flexibility index (Phi) is 4.74. The molecule has 0 radical (unpaired) electrons. The molecule has 0 unspecified atom stereocenters. The third-order valence-corrected chi connectivity index (χ3v) is 7.34. The summed E-state index contributed by atoms with van der Waals surface area (Å²) in [4.78, 5) is 12.4. The van der Waals surface area contributed by atoms with Crippen molar-refractivity contribution in [2.24, 2.45) is 0 Å². The fourth-order valence-corrected chi connectivity index (χ4v) is 5.30. The highest BCUT2D eigenvalue weighted by Crippen LogP contribution is 2.39. The summed E-state index contributed by atoms with van der Waals surface area (Å²) >= 11 is 1.32. The number of ether oxygens (including phenoxy) is 1. The molecule has 3 aromatic rings. The van der Waals surface area contributed by atoms with Gasteiger partial charge >= 0.3 is 5.97 Å². The first-order valence-corrected chi connectivity index (χ1v) is 10.8. The van der Waals surface area contributed by atoms with Crippen LogP contribution in [0, 0.1) is 11.3 Å². The van der Waals surface area contributed by atoms with E-state index in [0.717, 1.165) is 10.4 Å². The Morgan fingerprint density at radius 1 is 1.14 bits per heavy atom. The van der Waals surface area contributed by atoms with Crippen molar-refractivity contribution >= 4 is 33.0 Å². The van der Waals surface area contributed by atoms with Crippen molar-refractivity contribution in [3.63, 3.8) is 0 Å². The van der Waals surface area contributed by atoms with Gasteiger partial charge in [-0.1, -0.05) is 0 Å². The summed E-state index contributed by atoms with van der Waals surface area (Å²) in [5, 5.41) is 18.1. The summed E-state index contributed by atoms with van der Waals surface area (Å²) in [5.41, 5.74) is 1.20. The molecule has 0 fully saturated rings. The second-order valence-electron chi connectivity index (χ2n) is 6.21. The lowest BCUT2D eigenvalue weighted by Crippen LogP contribution is -2.37. The van der Waals surface area contributed by atoms with E-state index in [2.05, 4.69) is 6.07 Å². The van der Waals surface area contributed by atoms with Crippen LogP contribution in [-0.4, -0.2) is 32.6 Å². The standard InChI is InChI=1S/C20H14N2O5S2/c21-12-15-4-8-19(28-15)14-3-7-18-17(11-14)22(9-10-27-18)29(25,26)16-5-1-13(2-6-16)20(23)24/h1-8,11H,9-10H2,(H,23,24). The summed E-state index contributed by atoms with van der Waals surface area (Å²) in [6, 6.07) is 16.0. The van der Waals surface area contributed by atoms with Gasteiger partial charge in [0, 0.05) is 4.88 Å². The highest BCUT2D eigenvalue weighted by Gasteiger charge is 2.30. The topological polar surface area (TPSA) is 108 Å². The van der Waals surface area contributed by atoms with Crippen molar-refractivity contribution in [3.05, 3.63) is 65.0 Å². The van der Waals surface area contributed by atoms with Gasteiger partial charge in [0.15, 0.2) is 0 Å². The van der Waals surface area contributed by atoms with Crippen LogP contribution in [0.2, 0.25) is 0 Å². The molecule has 4 rings (SSSR count). The Balaban J connectivity index is 1.76. The Morgan fingerprint density at radius 2 is 1.90 bits per heavy atom. The minimum absolute atomic E-state index is 0.00337. The molecule has 0 aliphatic carbocycles. The molecule has 9 heteroatoms. The first-order valence-electron chi connectivity index (χ1n) is 8.53. The summed E-state index contributed by atoms with van der Waals surface area (Å²) in [7, 11) is -3.90. The molecule has 2 heterocycles. The van der Waals surface area contributed by atoms with Gasteiger partial charge in [-0.05, 0) is 60.2 Å². The van der Waals surface area contributed by atoms with Gasteiger partial charge in [0.05, 0.1) is 22.7 Å². The molecule has 0 saturated heterocycles. The zero-order valence-corrected chi connectivity index (χ0v) is 16.5. The van der Waals surface area contributed by atoms with Gasteiger partial charge in [-0.15, -0.1) is 11.3 Å². The van der Waals surface area contributed by atoms with E-state index in [0.29, 0.717) is 16.3 Å². The Hall–Kier alpha value is -3.35. The SMILES string of the molecule is N#Cc1ccc(-c2ccc3c(c2)N(S(=O)(=O)c2ccc(C(=O)O)cc2)CCO3)s1. The molecular weight excluding hydrogens is 412 g/mol. The normalized spacial score (nSPS) is 13.3. The van der Waals surface area contributed by atoms with Gasteiger partial charge in [-0.3, -0.25) is 4.31 Å². The number of hydrogen-bond donors (Lipinski definition) is 1. The largest absolute Gasteiger partial charge is 0.489 e. The number of carboxylic acid groups (broad SMARTS) is 1. The Labute approximate surface area is 171 Å².